The molecule has 0 saturated carbocycles. The molecule has 0 spiro atoms. The number of rotatable bonds is 5. The van der Waals surface area contributed by atoms with Crippen molar-refractivity contribution in [1.82, 2.24) is 4.98 Å². The van der Waals surface area contributed by atoms with Gasteiger partial charge >= 0.3 is 0 Å². The highest BCUT2D eigenvalue weighted by Crippen LogP contribution is 2.12. The zero-order valence-corrected chi connectivity index (χ0v) is 9.77. The minimum Gasteiger partial charge on any atom is -0.392 e. The third-order valence-electron chi connectivity index (χ3n) is 2.43. The van der Waals surface area contributed by atoms with Gasteiger partial charge in [-0.1, -0.05) is 13.8 Å². The van der Waals surface area contributed by atoms with E-state index in [1.54, 1.807) is 6.20 Å². The van der Waals surface area contributed by atoms with Crippen LogP contribution in [0.3, 0.4) is 0 Å². The number of hydrogen-bond donors (Lipinski definition) is 1. The molecule has 1 N–H and O–H groups in total. The monoisotopic (exact) mass is 208 g/mol. The molecule has 15 heavy (non-hydrogen) atoms. The number of pyridine rings is 1. The van der Waals surface area contributed by atoms with E-state index in [0.717, 1.165) is 24.3 Å². The summed E-state index contributed by atoms with van der Waals surface area (Å²) in [4.78, 5) is 6.40. The molecule has 84 valence electrons. The van der Waals surface area contributed by atoms with Crippen LogP contribution in [0, 0.1) is 5.92 Å². The van der Waals surface area contributed by atoms with Crippen molar-refractivity contribution in [1.29, 1.82) is 0 Å². The number of anilines is 1. The van der Waals surface area contributed by atoms with Crippen LogP contribution in [0.15, 0.2) is 18.3 Å². The van der Waals surface area contributed by atoms with Gasteiger partial charge < -0.3 is 10.0 Å². The second-order valence-electron chi connectivity index (χ2n) is 4.28. The molecule has 3 heteroatoms. The van der Waals surface area contributed by atoms with E-state index < -0.39 is 0 Å². The first-order chi connectivity index (χ1) is 7.13. The Labute approximate surface area is 91.8 Å². The van der Waals surface area contributed by atoms with Gasteiger partial charge in [-0.3, -0.25) is 0 Å². The Morgan fingerprint density at radius 1 is 1.47 bits per heavy atom. The minimum atomic E-state index is 0.0769. The van der Waals surface area contributed by atoms with Gasteiger partial charge in [0, 0.05) is 19.8 Å². The van der Waals surface area contributed by atoms with Crippen LogP contribution in [0.4, 0.5) is 5.82 Å². The standard InChI is InChI=1S/C12H20N2O/c1-10(2)5-7-14(3)12-8-11(9-15)4-6-13-12/h4,6,8,10,15H,5,7,9H2,1-3H3. The van der Waals surface area contributed by atoms with Gasteiger partial charge in [-0.05, 0) is 30.0 Å². The van der Waals surface area contributed by atoms with Crippen LogP contribution in [0.2, 0.25) is 0 Å². The molecule has 0 aliphatic heterocycles. The molecule has 0 amide bonds. The van der Waals surface area contributed by atoms with Gasteiger partial charge in [0.15, 0.2) is 0 Å². The predicted octanol–water partition coefficient (Wildman–Crippen LogP) is 2.06. The average Bonchev–Trinajstić information content (AvgIpc) is 2.26. The Kier molecular flexibility index (Phi) is 4.56. The summed E-state index contributed by atoms with van der Waals surface area (Å²) in [6.45, 7) is 5.50. The van der Waals surface area contributed by atoms with Crippen LogP contribution >= 0.6 is 0 Å². The lowest BCUT2D eigenvalue weighted by Crippen LogP contribution is -2.21. The second-order valence-corrected chi connectivity index (χ2v) is 4.28. The summed E-state index contributed by atoms with van der Waals surface area (Å²) in [5.74, 6) is 1.63. The summed E-state index contributed by atoms with van der Waals surface area (Å²) in [5, 5.41) is 9.02. The molecule has 3 nitrogen and oxygen atoms in total. The minimum absolute atomic E-state index is 0.0769. The Balaban J connectivity index is 2.60. The Morgan fingerprint density at radius 3 is 2.80 bits per heavy atom. The topological polar surface area (TPSA) is 36.4 Å². The second kappa shape index (κ2) is 5.71. The largest absolute Gasteiger partial charge is 0.392 e. The van der Waals surface area contributed by atoms with Crippen LogP contribution in [-0.2, 0) is 6.61 Å². The smallest absolute Gasteiger partial charge is 0.128 e. The predicted molar refractivity (Wildman–Crippen MR) is 62.9 cm³/mol. The molecule has 0 aromatic carbocycles. The number of aliphatic hydroxyl groups excluding tert-OH is 1. The van der Waals surface area contributed by atoms with Crippen LogP contribution in [-0.4, -0.2) is 23.7 Å². The van der Waals surface area contributed by atoms with Crippen molar-refractivity contribution in [2.45, 2.75) is 26.9 Å². The number of aromatic nitrogens is 1. The van der Waals surface area contributed by atoms with Crippen LogP contribution < -0.4 is 4.90 Å². The molecule has 1 heterocycles. The van der Waals surface area contributed by atoms with Crippen molar-refractivity contribution in [3.05, 3.63) is 23.9 Å². The van der Waals surface area contributed by atoms with Gasteiger partial charge in [-0.15, -0.1) is 0 Å². The summed E-state index contributed by atoms with van der Waals surface area (Å²) >= 11 is 0. The van der Waals surface area contributed by atoms with Crippen LogP contribution in [0.5, 0.6) is 0 Å². The fraction of sp³-hybridized carbons (Fsp3) is 0.583. The molecule has 0 bridgehead atoms. The third kappa shape index (κ3) is 3.88. The van der Waals surface area contributed by atoms with E-state index in [1.807, 2.05) is 19.2 Å². The number of nitrogens with zero attached hydrogens (tertiary/aromatic N) is 2. The van der Waals surface area contributed by atoms with Crippen molar-refractivity contribution in [2.24, 2.45) is 5.92 Å². The van der Waals surface area contributed by atoms with Gasteiger partial charge in [-0.2, -0.15) is 0 Å². The first kappa shape index (κ1) is 12.0. The molecule has 1 rings (SSSR count). The van der Waals surface area contributed by atoms with E-state index in [9.17, 15) is 0 Å². The highest BCUT2D eigenvalue weighted by atomic mass is 16.3. The summed E-state index contributed by atoms with van der Waals surface area (Å²) in [5.41, 5.74) is 0.913. The van der Waals surface area contributed by atoms with E-state index >= 15 is 0 Å². The SMILES string of the molecule is CC(C)CCN(C)c1cc(CO)ccn1. The van der Waals surface area contributed by atoms with E-state index in [2.05, 4.69) is 23.7 Å². The Hall–Kier alpha value is -1.09. The normalized spacial score (nSPS) is 10.7. The lowest BCUT2D eigenvalue weighted by molar-refractivity contribution is 0.281. The van der Waals surface area contributed by atoms with E-state index in [4.69, 9.17) is 5.11 Å². The molecule has 0 aliphatic carbocycles. The molecule has 0 radical (unpaired) electrons. The van der Waals surface area contributed by atoms with Crippen molar-refractivity contribution >= 4 is 5.82 Å². The lowest BCUT2D eigenvalue weighted by Gasteiger charge is -2.19. The number of hydrogen-bond acceptors (Lipinski definition) is 3. The fourth-order valence-corrected chi connectivity index (χ4v) is 1.33. The average molecular weight is 208 g/mol. The zero-order valence-electron chi connectivity index (χ0n) is 9.77. The summed E-state index contributed by atoms with van der Waals surface area (Å²) < 4.78 is 0. The zero-order chi connectivity index (χ0) is 11.3. The molecular weight excluding hydrogens is 188 g/mol. The molecule has 0 aliphatic rings. The van der Waals surface area contributed by atoms with E-state index in [-0.39, 0.29) is 6.61 Å². The Morgan fingerprint density at radius 2 is 2.20 bits per heavy atom. The van der Waals surface area contributed by atoms with Gasteiger partial charge in [-0.25, -0.2) is 4.98 Å². The van der Waals surface area contributed by atoms with Gasteiger partial charge in [0.25, 0.3) is 0 Å². The molecular formula is C12H20N2O. The third-order valence-corrected chi connectivity index (χ3v) is 2.43. The maximum atomic E-state index is 9.02. The summed E-state index contributed by atoms with van der Waals surface area (Å²) in [6, 6.07) is 3.76. The van der Waals surface area contributed by atoms with E-state index in [1.165, 1.54) is 0 Å². The maximum absolute atomic E-state index is 9.02. The quantitative estimate of drug-likeness (QED) is 0.804. The van der Waals surface area contributed by atoms with Gasteiger partial charge in [0.05, 0.1) is 6.61 Å². The first-order valence-corrected chi connectivity index (χ1v) is 5.40. The molecule has 1 aromatic rings. The van der Waals surface area contributed by atoms with Crippen molar-refractivity contribution < 1.29 is 5.11 Å². The van der Waals surface area contributed by atoms with Crippen molar-refractivity contribution in [3.63, 3.8) is 0 Å². The van der Waals surface area contributed by atoms with Crippen molar-refractivity contribution in [2.75, 3.05) is 18.5 Å². The van der Waals surface area contributed by atoms with Crippen LogP contribution in [0.25, 0.3) is 0 Å². The molecule has 0 fully saturated rings. The Bertz CT molecular complexity index is 299. The molecule has 1 aromatic heterocycles. The highest BCUT2D eigenvalue weighted by molar-refractivity contribution is 5.39. The van der Waals surface area contributed by atoms with E-state index in [0.29, 0.717) is 5.92 Å². The summed E-state index contributed by atoms with van der Waals surface area (Å²) in [6.07, 6.45) is 2.90. The van der Waals surface area contributed by atoms with Gasteiger partial charge in [0.1, 0.15) is 5.82 Å². The molecule has 0 saturated heterocycles. The van der Waals surface area contributed by atoms with Crippen molar-refractivity contribution in [3.8, 4) is 0 Å². The summed E-state index contributed by atoms with van der Waals surface area (Å²) in [7, 11) is 2.03. The lowest BCUT2D eigenvalue weighted by atomic mass is 10.1. The van der Waals surface area contributed by atoms with Gasteiger partial charge in [0.2, 0.25) is 0 Å². The number of aliphatic hydroxyl groups is 1. The highest BCUT2D eigenvalue weighted by Gasteiger charge is 2.04. The van der Waals surface area contributed by atoms with Crippen LogP contribution in [0.1, 0.15) is 25.8 Å². The molecule has 0 atom stereocenters. The maximum Gasteiger partial charge on any atom is 0.128 e. The first-order valence-electron chi connectivity index (χ1n) is 5.40. The fourth-order valence-electron chi connectivity index (χ4n) is 1.33. The molecule has 0 unspecified atom stereocenters.